The molecule has 0 aromatic rings. The number of rotatable bonds is 7. The zero-order chi connectivity index (χ0) is 23.4. The van der Waals surface area contributed by atoms with Gasteiger partial charge in [0, 0.05) is 37.4 Å². The average molecular weight is 457 g/mol. The van der Waals surface area contributed by atoms with Crippen molar-refractivity contribution in [1.29, 1.82) is 0 Å². The predicted octanol–water partition coefficient (Wildman–Crippen LogP) is 2.73. The monoisotopic (exact) mass is 456 g/mol. The summed E-state index contributed by atoms with van der Waals surface area (Å²) >= 11 is 0. The Labute approximate surface area is 195 Å². The Morgan fingerprint density at radius 1 is 1.33 bits per heavy atom. The first-order chi connectivity index (χ1) is 16.0. The molecule has 33 heavy (non-hydrogen) atoms. The molecule has 9 heteroatoms. The standard InChI is InChI=1S/C24H36N6O3/c1-25-23-19(13-18-12-17-5-4-6-20(33-3)22(17)29-18)30(28-14-27-23)24(26-2)16-9-7-15(8-10-16)11-21(31)32/h6,12,14-17,19,22-23,29H,1,4-5,7-11,13H2,2-3H3,(H,27,28)(H,31,32)/b26-24-. The van der Waals surface area contributed by atoms with E-state index in [0.29, 0.717) is 5.92 Å². The quantitative estimate of drug-likeness (QED) is 0.401. The number of aliphatic imine (C=N–C) groups is 2. The minimum atomic E-state index is -0.709. The number of ether oxygens (including phenoxy) is 1. The second-order valence-electron chi connectivity index (χ2n) is 9.42. The Morgan fingerprint density at radius 2 is 2.12 bits per heavy atom. The third kappa shape index (κ3) is 5.07. The van der Waals surface area contributed by atoms with Crippen LogP contribution in [0.15, 0.2) is 38.7 Å². The number of hydrogen-bond donors (Lipinski definition) is 3. The number of methoxy groups -OCH3 is 1. The number of amidine groups is 1. The van der Waals surface area contributed by atoms with Crippen molar-refractivity contribution in [3.05, 3.63) is 23.6 Å². The van der Waals surface area contributed by atoms with Gasteiger partial charge in [0.1, 0.15) is 24.1 Å². The predicted molar refractivity (Wildman–Crippen MR) is 129 cm³/mol. The number of allylic oxidation sites excluding steroid dienone is 1. The van der Waals surface area contributed by atoms with E-state index in [1.807, 2.05) is 12.1 Å². The van der Waals surface area contributed by atoms with E-state index >= 15 is 0 Å². The van der Waals surface area contributed by atoms with Crippen LogP contribution in [0.1, 0.15) is 51.4 Å². The molecule has 0 spiro atoms. The van der Waals surface area contributed by atoms with E-state index in [0.717, 1.165) is 56.5 Å². The number of hydrazone groups is 1. The largest absolute Gasteiger partial charge is 0.499 e. The lowest BCUT2D eigenvalue weighted by Gasteiger charge is -2.40. The molecule has 2 aliphatic carbocycles. The van der Waals surface area contributed by atoms with E-state index in [4.69, 9.17) is 9.84 Å². The highest BCUT2D eigenvalue weighted by Gasteiger charge is 2.39. The van der Waals surface area contributed by atoms with E-state index < -0.39 is 5.97 Å². The van der Waals surface area contributed by atoms with Crippen molar-refractivity contribution in [3.8, 4) is 0 Å². The van der Waals surface area contributed by atoms with Gasteiger partial charge in [-0.25, -0.2) is 5.01 Å². The number of carbonyl (C=O) groups is 1. The summed E-state index contributed by atoms with van der Waals surface area (Å²) in [5, 5.41) is 22.7. The van der Waals surface area contributed by atoms with Crippen LogP contribution >= 0.6 is 0 Å². The molecule has 0 aromatic carbocycles. The van der Waals surface area contributed by atoms with Crippen LogP contribution < -0.4 is 10.6 Å². The molecule has 4 rings (SSSR count). The van der Waals surface area contributed by atoms with Gasteiger partial charge in [0.25, 0.3) is 0 Å². The van der Waals surface area contributed by atoms with Crippen LogP contribution in [-0.4, -0.2) is 67.4 Å². The zero-order valence-electron chi connectivity index (χ0n) is 19.6. The lowest BCUT2D eigenvalue weighted by molar-refractivity contribution is -0.138. The molecule has 0 aromatic heterocycles. The molecular weight excluding hydrogens is 420 g/mol. The highest BCUT2D eigenvalue weighted by Crippen LogP contribution is 2.36. The maximum absolute atomic E-state index is 11.1. The van der Waals surface area contributed by atoms with Gasteiger partial charge in [0.2, 0.25) is 0 Å². The normalized spacial score (nSPS) is 33.9. The second-order valence-corrected chi connectivity index (χ2v) is 9.42. The third-order valence-electron chi connectivity index (χ3n) is 7.44. The highest BCUT2D eigenvalue weighted by molar-refractivity contribution is 5.86. The molecule has 180 valence electrons. The van der Waals surface area contributed by atoms with Crippen LogP contribution in [0.2, 0.25) is 0 Å². The van der Waals surface area contributed by atoms with Gasteiger partial charge in [-0.05, 0) is 57.2 Å². The van der Waals surface area contributed by atoms with Crippen LogP contribution in [0.4, 0.5) is 0 Å². The first-order valence-corrected chi connectivity index (χ1v) is 12.0. The van der Waals surface area contributed by atoms with E-state index in [2.05, 4.69) is 44.6 Å². The van der Waals surface area contributed by atoms with Gasteiger partial charge in [-0.3, -0.25) is 14.8 Å². The number of aliphatic carboxylic acids is 1. The molecule has 1 fully saturated rings. The summed E-state index contributed by atoms with van der Waals surface area (Å²) in [7, 11) is 3.56. The number of carboxylic acid groups (broad SMARTS) is 1. The Kier molecular flexibility index (Phi) is 7.35. The number of nitrogens with one attached hydrogen (secondary N) is 2. The van der Waals surface area contributed by atoms with Crippen LogP contribution in [0.25, 0.3) is 0 Å². The van der Waals surface area contributed by atoms with Gasteiger partial charge < -0.3 is 20.5 Å². The van der Waals surface area contributed by atoms with E-state index in [9.17, 15) is 4.79 Å². The molecule has 0 amide bonds. The first kappa shape index (κ1) is 23.3. The first-order valence-electron chi connectivity index (χ1n) is 12.0. The second kappa shape index (κ2) is 10.4. The van der Waals surface area contributed by atoms with Crippen LogP contribution in [0, 0.1) is 17.8 Å². The maximum Gasteiger partial charge on any atom is 0.303 e. The summed E-state index contributed by atoms with van der Waals surface area (Å²) in [5.74, 6) is 2.21. The number of nitrogens with zero attached hydrogens (tertiary/aromatic N) is 4. The molecule has 4 aliphatic rings. The molecule has 4 unspecified atom stereocenters. The van der Waals surface area contributed by atoms with Crippen molar-refractivity contribution in [3.63, 3.8) is 0 Å². The van der Waals surface area contributed by atoms with Crippen molar-refractivity contribution < 1.29 is 14.6 Å². The van der Waals surface area contributed by atoms with Crippen molar-refractivity contribution in [2.75, 3.05) is 14.2 Å². The molecule has 0 saturated heterocycles. The molecule has 1 saturated carbocycles. The van der Waals surface area contributed by atoms with Gasteiger partial charge in [0.05, 0.1) is 19.2 Å². The fraction of sp³-hybridized carbons (Fsp3) is 0.667. The summed E-state index contributed by atoms with van der Waals surface area (Å²) in [5.41, 5.74) is 1.18. The van der Waals surface area contributed by atoms with Crippen molar-refractivity contribution >= 4 is 24.9 Å². The maximum atomic E-state index is 11.1. The minimum Gasteiger partial charge on any atom is -0.499 e. The smallest absolute Gasteiger partial charge is 0.303 e. The van der Waals surface area contributed by atoms with Gasteiger partial charge in [-0.15, -0.1) is 0 Å². The minimum absolute atomic E-state index is 0.0585. The molecule has 9 nitrogen and oxygen atoms in total. The number of fused-ring (bicyclic) bond motifs is 1. The van der Waals surface area contributed by atoms with Crippen LogP contribution in [0.3, 0.4) is 0 Å². The molecule has 0 bridgehead atoms. The lowest BCUT2D eigenvalue weighted by atomic mass is 9.79. The van der Waals surface area contributed by atoms with Crippen LogP contribution in [0.5, 0.6) is 0 Å². The summed E-state index contributed by atoms with van der Waals surface area (Å²) in [6, 6.07) is 0.142. The molecule has 4 atom stereocenters. The third-order valence-corrected chi connectivity index (χ3v) is 7.44. The van der Waals surface area contributed by atoms with E-state index in [-0.39, 0.29) is 36.5 Å². The topological polar surface area (TPSA) is 111 Å². The van der Waals surface area contributed by atoms with Crippen molar-refractivity contribution in [2.24, 2.45) is 32.8 Å². The highest BCUT2D eigenvalue weighted by atomic mass is 16.5. The van der Waals surface area contributed by atoms with Gasteiger partial charge >= 0.3 is 5.97 Å². The molecular formula is C24H36N6O3. The number of carboxylic acids is 1. The lowest BCUT2D eigenvalue weighted by Crippen LogP contribution is -2.55. The Balaban J connectivity index is 1.48. The fourth-order valence-corrected chi connectivity index (χ4v) is 5.80. The number of hydrogen-bond acceptors (Lipinski definition) is 7. The fourth-order valence-electron chi connectivity index (χ4n) is 5.80. The summed E-state index contributed by atoms with van der Waals surface area (Å²) in [6.45, 7) is 3.81. The van der Waals surface area contributed by atoms with Crippen LogP contribution in [-0.2, 0) is 9.53 Å². The molecule has 2 heterocycles. The summed E-state index contributed by atoms with van der Waals surface area (Å²) in [4.78, 5) is 20.1. The summed E-state index contributed by atoms with van der Waals surface area (Å²) in [6.07, 6.45) is 12.8. The Morgan fingerprint density at radius 3 is 2.79 bits per heavy atom. The van der Waals surface area contributed by atoms with E-state index in [1.165, 1.54) is 5.70 Å². The van der Waals surface area contributed by atoms with E-state index in [1.54, 1.807) is 13.4 Å². The van der Waals surface area contributed by atoms with Gasteiger partial charge in [-0.1, -0.05) is 6.08 Å². The SMILES string of the molecule is C=NC1NC=NN(/C(=N\C)C2CCC(CC(=O)O)CC2)C1CC1=CC2CCC=C(OC)C2N1. The Hall–Kier alpha value is -2.84. The Bertz CT molecular complexity index is 858. The van der Waals surface area contributed by atoms with Gasteiger partial charge in [0.15, 0.2) is 0 Å². The average Bonchev–Trinajstić information content (AvgIpc) is 3.23. The van der Waals surface area contributed by atoms with Crippen molar-refractivity contribution in [2.45, 2.75) is 69.6 Å². The molecule has 0 radical (unpaired) electrons. The zero-order valence-corrected chi connectivity index (χ0v) is 19.6. The summed E-state index contributed by atoms with van der Waals surface area (Å²) < 4.78 is 5.61. The molecule has 2 aliphatic heterocycles. The van der Waals surface area contributed by atoms with Gasteiger partial charge in [-0.2, -0.15) is 5.10 Å². The van der Waals surface area contributed by atoms with Crippen molar-refractivity contribution in [1.82, 2.24) is 15.6 Å². The molecule has 3 N–H and O–H groups in total.